The molecule has 0 aromatic heterocycles. The van der Waals surface area contributed by atoms with E-state index in [1.807, 2.05) is 12.1 Å². The number of fused-ring (bicyclic) bond motifs is 1. The van der Waals surface area contributed by atoms with Crippen molar-refractivity contribution in [1.82, 2.24) is 0 Å². The molecule has 212 valence electrons. The third-order valence-electron chi connectivity index (χ3n) is 5.52. The molecule has 2 aromatic rings. The summed E-state index contributed by atoms with van der Waals surface area (Å²) in [4.78, 5) is 58.9. The highest BCUT2D eigenvalue weighted by Crippen LogP contribution is 2.26. The molecule has 0 bridgehead atoms. The van der Waals surface area contributed by atoms with Gasteiger partial charge in [0.15, 0.2) is 13.2 Å². The molecule has 1 atom stereocenters. The maximum Gasteiger partial charge on any atom is 0.344 e. The topological polar surface area (TPSA) is 132 Å². The van der Waals surface area contributed by atoms with E-state index in [2.05, 4.69) is 15.9 Å². The Morgan fingerprint density at radius 3 is 2.10 bits per heavy atom. The van der Waals surface area contributed by atoms with Crippen molar-refractivity contribution >= 4 is 56.5 Å². The molecule has 0 spiro atoms. The van der Waals surface area contributed by atoms with Gasteiger partial charge in [0, 0.05) is 18.2 Å². The molecule has 0 radical (unpaired) electrons. The first kappa shape index (κ1) is 31.7. The van der Waals surface area contributed by atoms with Crippen molar-refractivity contribution < 1.29 is 47.7 Å². The van der Waals surface area contributed by atoms with Gasteiger partial charge in [-0.05, 0) is 48.2 Å². The molecular formula is C28H33BrO10. The normalized spacial score (nSPS) is 11.4. The summed E-state index contributed by atoms with van der Waals surface area (Å²) in [6, 6.07) is 10.6. The summed E-state index contributed by atoms with van der Waals surface area (Å²) in [7, 11) is 0. The van der Waals surface area contributed by atoms with Crippen LogP contribution >= 0.6 is 15.9 Å². The van der Waals surface area contributed by atoms with Gasteiger partial charge < -0.3 is 23.7 Å². The highest BCUT2D eigenvalue weighted by molar-refractivity contribution is 9.09. The third kappa shape index (κ3) is 11.8. The molecule has 0 fully saturated rings. The van der Waals surface area contributed by atoms with Crippen molar-refractivity contribution in [3.63, 3.8) is 0 Å². The van der Waals surface area contributed by atoms with E-state index in [1.54, 1.807) is 38.1 Å². The van der Waals surface area contributed by atoms with Gasteiger partial charge in [-0.2, -0.15) is 0 Å². The summed E-state index contributed by atoms with van der Waals surface area (Å²) in [5.74, 6) is -3.29. The van der Waals surface area contributed by atoms with Gasteiger partial charge in [-0.25, -0.2) is 9.59 Å². The largest absolute Gasteiger partial charge is 0.462 e. The van der Waals surface area contributed by atoms with E-state index in [0.717, 1.165) is 35.4 Å². The molecule has 2 rings (SSSR count). The van der Waals surface area contributed by atoms with Crippen molar-refractivity contribution in [3.8, 4) is 5.75 Å². The van der Waals surface area contributed by atoms with E-state index in [-0.39, 0.29) is 25.6 Å². The van der Waals surface area contributed by atoms with Crippen LogP contribution in [0.3, 0.4) is 0 Å². The second-order valence-electron chi connectivity index (χ2n) is 8.53. The van der Waals surface area contributed by atoms with Crippen LogP contribution in [0.4, 0.5) is 0 Å². The van der Waals surface area contributed by atoms with Crippen molar-refractivity contribution in [2.24, 2.45) is 0 Å². The van der Waals surface area contributed by atoms with Gasteiger partial charge in [-0.3, -0.25) is 14.4 Å². The highest BCUT2D eigenvalue weighted by Gasteiger charge is 2.19. The van der Waals surface area contributed by atoms with Crippen LogP contribution in [0.25, 0.3) is 10.8 Å². The van der Waals surface area contributed by atoms with E-state index in [4.69, 9.17) is 23.7 Å². The average Bonchev–Trinajstić information content (AvgIpc) is 2.94. The summed E-state index contributed by atoms with van der Waals surface area (Å²) in [5.41, 5.74) is 0.671. The predicted octanol–water partition coefficient (Wildman–Crippen LogP) is 4.39. The molecule has 39 heavy (non-hydrogen) atoms. The Balaban J connectivity index is 1.78. The molecule has 2 aromatic carbocycles. The van der Waals surface area contributed by atoms with Crippen LogP contribution in [0.15, 0.2) is 36.4 Å². The van der Waals surface area contributed by atoms with Crippen LogP contribution in [0.2, 0.25) is 0 Å². The lowest BCUT2D eigenvalue weighted by Crippen LogP contribution is -2.23. The molecule has 0 aliphatic heterocycles. The predicted molar refractivity (Wildman–Crippen MR) is 144 cm³/mol. The van der Waals surface area contributed by atoms with Gasteiger partial charge in [0.25, 0.3) is 0 Å². The van der Waals surface area contributed by atoms with Crippen LogP contribution in [0.5, 0.6) is 5.75 Å². The lowest BCUT2D eigenvalue weighted by atomic mass is 9.98. The van der Waals surface area contributed by atoms with Crippen LogP contribution in [0, 0.1) is 0 Å². The lowest BCUT2D eigenvalue weighted by molar-refractivity contribution is -0.166. The summed E-state index contributed by atoms with van der Waals surface area (Å²) >= 11 is 3.37. The van der Waals surface area contributed by atoms with E-state index in [1.165, 1.54) is 0 Å². The van der Waals surface area contributed by atoms with E-state index in [0.29, 0.717) is 17.7 Å². The Morgan fingerprint density at radius 2 is 1.38 bits per heavy atom. The zero-order chi connectivity index (χ0) is 28.6. The molecule has 11 heteroatoms. The van der Waals surface area contributed by atoms with Crippen molar-refractivity contribution in [2.45, 2.75) is 51.9 Å². The van der Waals surface area contributed by atoms with E-state index >= 15 is 0 Å². The number of halogens is 1. The fraction of sp³-hybridized carbons (Fsp3) is 0.464. The van der Waals surface area contributed by atoms with Crippen molar-refractivity contribution in [1.29, 1.82) is 0 Å². The second kappa shape index (κ2) is 17.2. The van der Waals surface area contributed by atoms with Crippen molar-refractivity contribution in [3.05, 3.63) is 42.0 Å². The number of carbonyl (C=O) groups excluding carboxylic acids is 5. The van der Waals surface area contributed by atoms with Gasteiger partial charge in [0.05, 0.1) is 5.92 Å². The Hall–Kier alpha value is -3.47. The van der Waals surface area contributed by atoms with Gasteiger partial charge >= 0.3 is 29.8 Å². The Kier molecular flexibility index (Phi) is 14.0. The molecule has 1 unspecified atom stereocenters. The molecule has 10 nitrogen and oxygen atoms in total. The van der Waals surface area contributed by atoms with Crippen LogP contribution < -0.4 is 4.74 Å². The lowest BCUT2D eigenvalue weighted by Gasteiger charge is -2.13. The maximum atomic E-state index is 12.5. The SMILES string of the molecule is CCC(=O)OCCOC(=O)COC(=O)COC(=O)C(C)c1ccc2cc(OC(=O)CCCCCBr)ccc2c1. The fourth-order valence-corrected chi connectivity index (χ4v) is 3.72. The number of ether oxygens (including phenoxy) is 5. The van der Waals surface area contributed by atoms with Crippen LogP contribution in [-0.2, 0) is 42.9 Å². The number of unbranched alkanes of at least 4 members (excludes halogenated alkanes) is 2. The first-order valence-electron chi connectivity index (χ1n) is 12.7. The average molecular weight is 609 g/mol. The molecule has 0 amide bonds. The minimum Gasteiger partial charge on any atom is -0.462 e. The van der Waals surface area contributed by atoms with Crippen LogP contribution in [0.1, 0.15) is 57.4 Å². The van der Waals surface area contributed by atoms with E-state index < -0.39 is 43.0 Å². The monoisotopic (exact) mass is 608 g/mol. The number of hydrogen-bond donors (Lipinski definition) is 0. The first-order valence-corrected chi connectivity index (χ1v) is 13.8. The summed E-state index contributed by atoms with van der Waals surface area (Å²) < 4.78 is 24.7. The minimum atomic E-state index is -0.909. The fourth-order valence-electron chi connectivity index (χ4n) is 3.33. The standard InChI is InChI=1S/C28H33BrO10/c1-3-24(30)35-13-14-36-26(32)17-37-27(33)18-38-28(34)19(2)20-8-9-22-16-23(11-10-21(22)15-20)39-25(31)7-5-4-6-12-29/h8-11,15-16,19H,3-7,12-14,17-18H2,1-2H3. The zero-order valence-corrected chi connectivity index (χ0v) is 23.7. The number of carbonyl (C=O) groups is 5. The first-order chi connectivity index (χ1) is 18.7. The number of esters is 5. The zero-order valence-electron chi connectivity index (χ0n) is 22.1. The van der Waals surface area contributed by atoms with Crippen LogP contribution in [-0.4, -0.2) is 61.6 Å². The molecule has 0 aliphatic rings. The molecule has 0 heterocycles. The second-order valence-corrected chi connectivity index (χ2v) is 9.32. The molecule has 0 saturated heterocycles. The third-order valence-corrected chi connectivity index (χ3v) is 6.08. The number of benzene rings is 2. The highest BCUT2D eigenvalue weighted by atomic mass is 79.9. The van der Waals surface area contributed by atoms with Crippen molar-refractivity contribution in [2.75, 3.05) is 31.8 Å². The maximum absolute atomic E-state index is 12.5. The quantitative estimate of drug-likeness (QED) is 0.0888. The van der Waals surface area contributed by atoms with Gasteiger partial charge in [0.2, 0.25) is 0 Å². The van der Waals surface area contributed by atoms with Gasteiger partial charge in [-0.1, -0.05) is 53.5 Å². The summed E-state index contributed by atoms with van der Waals surface area (Å²) in [6.45, 7) is 1.70. The Bertz CT molecular complexity index is 1150. The minimum absolute atomic E-state index is 0.0940. The smallest absolute Gasteiger partial charge is 0.344 e. The molecular weight excluding hydrogens is 576 g/mol. The summed E-state index contributed by atoms with van der Waals surface area (Å²) in [6.07, 6.45) is 3.32. The Morgan fingerprint density at radius 1 is 0.744 bits per heavy atom. The van der Waals surface area contributed by atoms with Gasteiger partial charge in [-0.15, -0.1) is 0 Å². The number of rotatable bonds is 16. The molecule has 0 saturated carbocycles. The number of hydrogen-bond acceptors (Lipinski definition) is 10. The van der Waals surface area contributed by atoms with Gasteiger partial charge in [0.1, 0.15) is 19.0 Å². The Labute approximate surface area is 235 Å². The van der Waals surface area contributed by atoms with E-state index in [9.17, 15) is 24.0 Å². The molecule has 0 N–H and O–H groups in total. The number of alkyl halides is 1. The molecule has 0 aliphatic carbocycles. The summed E-state index contributed by atoms with van der Waals surface area (Å²) in [5, 5.41) is 2.59.